The van der Waals surface area contributed by atoms with Crippen molar-refractivity contribution in [3.05, 3.63) is 17.7 Å². The molecule has 1 aromatic heterocycles. The number of nitrogens with one attached hydrogen (secondary N) is 2. The SMILES string of the molecule is CC(c1ncc(C2CCCCC2)[nH]1)N1CCNCC1. The molecule has 0 aromatic carbocycles. The molecule has 1 aromatic rings. The zero-order valence-electron chi connectivity index (χ0n) is 12.0. The number of hydrogen-bond donors (Lipinski definition) is 2. The van der Waals surface area contributed by atoms with Crippen LogP contribution in [0.3, 0.4) is 0 Å². The van der Waals surface area contributed by atoms with Gasteiger partial charge >= 0.3 is 0 Å². The molecule has 1 aliphatic carbocycles. The van der Waals surface area contributed by atoms with Crippen molar-refractivity contribution in [1.29, 1.82) is 0 Å². The standard InChI is InChI=1S/C15H26N4/c1-12(19-9-7-16-8-10-19)15-17-11-14(18-15)13-5-3-2-4-6-13/h11-13,16H,2-10H2,1H3,(H,17,18). The van der Waals surface area contributed by atoms with Crippen LogP contribution < -0.4 is 5.32 Å². The zero-order valence-corrected chi connectivity index (χ0v) is 12.0. The predicted molar refractivity (Wildman–Crippen MR) is 77.3 cm³/mol. The van der Waals surface area contributed by atoms with Gasteiger partial charge in [-0.2, -0.15) is 0 Å². The molecule has 2 N–H and O–H groups in total. The van der Waals surface area contributed by atoms with Crippen LogP contribution in [0.25, 0.3) is 0 Å². The Balaban J connectivity index is 1.65. The summed E-state index contributed by atoms with van der Waals surface area (Å²) in [6, 6.07) is 0.416. The highest BCUT2D eigenvalue weighted by Gasteiger charge is 2.22. The summed E-state index contributed by atoms with van der Waals surface area (Å²) in [6.45, 7) is 6.72. The average Bonchev–Trinajstić information content (AvgIpc) is 2.98. The van der Waals surface area contributed by atoms with Crippen molar-refractivity contribution in [3.8, 4) is 0 Å². The van der Waals surface area contributed by atoms with Crippen molar-refractivity contribution in [2.45, 2.75) is 51.0 Å². The van der Waals surface area contributed by atoms with Crippen molar-refractivity contribution in [2.75, 3.05) is 26.2 Å². The van der Waals surface area contributed by atoms with Gasteiger partial charge in [0.05, 0.1) is 6.04 Å². The van der Waals surface area contributed by atoms with Crippen LogP contribution in [0, 0.1) is 0 Å². The van der Waals surface area contributed by atoms with Gasteiger partial charge < -0.3 is 10.3 Å². The first kappa shape index (κ1) is 13.1. The number of rotatable bonds is 3. The molecule has 4 nitrogen and oxygen atoms in total. The molecule has 19 heavy (non-hydrogen) atoms. The molecule has 2 fully saturated rings. The van der Waals surface area contributed by atoms with Crippen LogP contribution in [0.5, 0.6) is 0 Å². The molecule has 106 valence electrons. The van der Waals surface area contributed by atoms with Gasteiger partial charge in [0.25, 0.3) is 0 Å². The van der Waals surface area contributed by atoms with Crippen LogP contribution >= 0.6 is 0 Å². The van der Waals surface area contributed by atoms with E-state index in [1.807, 2.05) is 0 Å². The number of H-pyrrole nitrogens is 1. The highest BCUT2D eigenvalue weighted by Crippen LogP contribution is 2.32. The fourth-order valence-electron chi connectivity index (χ4n) is 3.43. The first-order chi connectivity index (χ1) is 9.34. The molecule has 2 heterocycles. The molecule has 1 saturated carbocycles. The molecule has 0 bridgehead atoms. The van der Waals surface area contributed by atoms with E-state index in [9.17, 15) is 0 Å². The second kappa shape index (κ2) is 6.06. The molecule has 2 aliphatic rings. The lowest BCUT2D eigenvalue weighted by molar-refractivity contribution is 0.179. The highest BCUT2D eigenvalue weighted by atomic mass is 15.2. The molecule has 0 radical (unpaired) electrons. The Morgan fingerprint density at radius 2 is 1.95 bits per heavy atom. The van der Waals surface area contributed by atoms with Crippen molar-refractivity contribution in [1.82, 2.24) is 20.2 Å². The van der Waals surface area contributed by atoms with E-state index in [4.69, 9.17) is 0 Å². The lowest BCUT2D eigenvalue weighted by Crippen LogP contribution is -2.44. The lowest BCUT2D eigenvalue weighted by Gasteiger charge is -2.31. The molecule has 1 atom stereocenters. The summed E-state index contributed by atoms with van der Waals surface area (Å²) in [7, 11) is 0. The number of hydrogen-bond acceptors (Lipinski definition) is 3. The minimum atomic E-state index is 0.416. The van der Waals surface area contributed by atoms with Crippen LogP contribution in [-0.2, 0) is 0 Å². The van der Waals surface area contributed by atoms with Gasteiger partial charge in [-0.1, -0.05) is 19.3 Å². The van der Waals surface area contributed by atoms with E-state index < -0.39 is 0 Å². The molecule has 4 heteroatoms. The van der Waals surface area contributed by atoms with Crippen LogP contribution in [0.1, 0.15) is 62.5 Å². The normalized spacial score (nSPS) is 24.5. The van der Waals surface area contributed by atoms with Gasteiger partial charge in [0, 0.05) is 44.0 Å². The van der Waals surface area contributed by atoms with Gasteiger partial charge in [0.1, 0.15) is 5.82 Å². The molecular weight excluding hydrogens is 236 g/mol. The van der Waals surface area contributed by atoms with Crippen molar-refractivity contribution >= 4 is 0 Å². The quantitative estimate of drug-likeness (QED) is 0.879. The Kier molecular flexibility index (Phi) is 4.18. The van der Waals surface area contributed by atoms with Crippen LogP contribution in [0.15, 0.2) is 6.20 Å². The molecular formula is C15H26N4. The third-order valence-corrected chi connectivity index (χ3v) is 4.76. The summed E-state index contributed by atoms with van der Waals surface area (Å²) < 4.78 is 0. The number of piperazine rings is 1. The maximum Gasteiger partial charge on any atom is 0.123 e. The van der Waals surface area contributed by atoms with Gasteiger partial charge in [-0.05, 0) is 19.8 Å². The molecule has 1 unspecified atom stereocenters. The van der Waals surface area contributed by atoms with Gasteiger partial charge in [-0.3, -0.25) is 4.90 Å². The zero-order chi connectivity index (χ0) is 13.1. The van der Waals surface area contributed by atoms with Crippen LogP contribution in [0.4, 0.5) is 0 Å². The van der Waals surface area contributed by atoms with E-state index >= 15 is 0 Å². The smallest absolute Gasteiger partial charge is 0.123 e. The van der Waals surface area contributed by atoms with E-state index in [0.717, 1.165) is 37.9 Å². The Morgan fingerprint density at radius 3 is 2.68 bits per heavy atom. The summed E-state index contributed by atoms with van der Waals surface area (Å²) >= 11 is 0. The predicted octanol–water partition coefficient (Wildman–Crippen LogP) is 2.42. The van der Waals surface area contributed by atoms with E-state index in [1.165, 1.54) is 37.8 Å². The van der Waals surface area contributed by atoms with Crippen molar-refractivity contribution in [3.63, 3.8) is 0 Å². The molecule has 0 amide bonds. The average molecular weight is 262 g/mol. The molecule has 0 spiro atoms. The first-order valence-corrected chi connectivity index (χ1v) is 7.84. The van der Waals surface area contributed by atoms with E-state index in [-0.39, 0.29) is 0 Å². The maximum absolute atomic E-state index is 4.65. The molecule has 1 aliphatic heterocycles. The highest BCUT2D eigenvalue weighted by molar-refractivity contribution is 5.10. The summed E-state index contributed by atoms with van der Waals surface area (Å²) in [5.41, 5.74) is 1.37. The van der Waals surface area contributed by atoms with Gasteiger partial charge in [0.15, 0.2) is 0 Å². The number of aromatic nitrogens is 2. The van der Waals surface area contributed by atoms with Crippen molar-refractivity contribution < 1.29 is 0 Å². The minimum Gasteiger partial charge on any atom is -0.344 e. The number of imidazole rings is 1. The minimum absolute atomic E-state index is 0.416. The summed E-state index contributed by atoms with van der Waals surface area (Å²) in [5, 5.41) is 3.41. The summed E-state index contributed by atoms with van der Waals surface area (Å²) in [5.74, 6) is 1.88. The number of nitrogens with zero attached hydrogens (tertiary/aromatic N) is 2. The third kappa shape index (κ3) is 3.00. The Hall–Kier alpha value is -0.870. The topological polar surface area (TPSA) is 44.0 Å². The Bertz CT molecular complexity index is 389. The fourth-order valence-corrected chi connectivity index (χ4v) is 3.43. The van der Waals surface area contributed by atoms with Crippen LogP contribution in [0.2, 0.25) is 0 Å². The second-order valence-electron chi connectivity index (χ2n) is 6.02. The van der Waals surface area contributed by atoms with E-state index in [0.29, 0.717) is 6.04 Å². The lowest BCUT2D eigenvalue weighted by atomic mass is 9.87. The molecule has 1 saturated heterocycles. The van der Waals surface area contributed by atoms with Gasteiger partial charge in [-0.25, -0.2) is 4.98 Å². The fraction of sp³-hybridized carbons (Fsp3) is 0.800. The monoisotopic (exact) mass is 262 g/mol. The van der Waals surface area contributed by atoms with Gasteiger partial charge in [0.2, 0.25) is 0 Å². The Labute approximate surface area is 116 Å². The van der Waals surface area contributed by atoms with Crippen LogP contribution in [-0.4, -0.2) is 41.0 Å². The Morgan fingerprint density at radius 1 is 1.21 bits per heavy atom. The largest absolute Gasteiger partial charge is 0.344 e. The molecule has 3 rings (SSSR count). The second-order valence-corrected chi connectivity index (χ2v) is 6.02. The van der Waals surface area contributed by atoms with E-state index in [2.05, 4.69) is 33.3 Å². The number of aromatic amines is 1. The van der Waals surface area contributed by atoms with Crippen molar-refractivity contribution in [2.24, 2.45) is 0 Å². The summed E-state index contributed by atoms with van der Waals surface area (Å²) in [4.78, 5) is 10.8. The third-order valence-electron chi connectivity index (χ3n) is 4.76. The summed E-state index contributed by atoms with van der Waals surface area (Å²) in [6.07, 6.45) is 8.94. The maximum atomic E-state index is 4.65. The first-order valence-electron chi connectivity index (χ1n) is 7.84. The van der Waals surface area contributed by atoms with Gasteiger partial charge in [-0.15, -0.1) is 0 Å². The van der Waals surface area contributed by atoms with E-state index in [1.54, 1.807) is 0 Å².